The molecule has 0 aliphatic carbocycles. The van der Waals surface area contributed by atoms with Gasteiger partial charge in [-0.1, -0.05) is 64.1 Å². The van der Waals surface area contributed by atoms with Crippen molar-refractivity contribution in [1.82, 2.24) is 0 Å². The van der Waals surface area contributed by atoms with Gasteiger partial charge in [-0.3, -0.25) is 14.5 Å². The predicted octanol–water partition coefficient (Wildman–Crippen LogP) is 7.02. The van der Waals surface area contributed by atoms with E-state index in [4.69, 9.17) is 9.47 Å². The van der Waals surface area contributed by atoms with Crippen LogP contribution >= 0.6 is 0 Å². The Hall–Kier alpha value is -4.06. The number of Topliss-reactive ketones (excluding diaryl/α,β-unsaturated/α-hetero) is 1. The van der Waals surface area contributed by atoms with E-state index < -0.39 is 17.7 Å². The number of methoxy groups -OCH3 is 1. The number of ketones is 1. The third-order valence-corrected chi connectivity index (χ3v) is 6.98. The number of nitrogens with zero attached hydrogens (tertiary/aromatic N) is 1. The zero-order valence-electron chi connectivity index (χ0n) is 23.8. The van der Waals surface area contributed by atoms with Gasteiger partial charge in [0.1, 0.15) is 17.3 Å². The maximum Gasteiger partial charge on any atom is 0.300 e. The number of benzene rings is 3. The van der Waals surface area contributed by atoms with Crippen LogP contribution in [-0.4, -0.2) is 30.5 Å². The fraction of sp³-hybridized carbons (Fsp3) is 0.333. The maximum atomic E-state index is 13.7. The van der Waals surface area contributed by atoms with Crippen molar-refractivity contribution >= 4 is 23.1 Å². The SMILES string of the molecule is CCCOc1cccc(N2C(=O)C(=O)/C(=C(/O)c3cc(C)cc(C)c3OC)C2c2ccc(C(C)(C)C)cc2)c1. The van der Waals surface area contributed by atoms with Gasteiger partial charge in [0.15, 0.2) is 0 Å². The van der Waals surface area contributed by atoms with Gasteiger partial charge in [0.2, 0.25) is 0 Å². The number of aliphatic hydroxyl groups excluding tert-OH is 1. The van der Waals surface area contributed by atoms with Crippen LogP contribution in [0, 0.1) is 13.8 Å². The summed E-state index contributed by atoms with van der Waals surface area (Å²) in [6, 6.07) is 17.9. The van der Waals surface area contributed by atoms with Crippen LogP contribution in [-0.2, 0) is 15.0 Å². The molecule has 1 saturated heterocycles. The van der Waals surface area contributed by atoms with Crippen molar-refractivity contribution in [3.05, 3.63) is 94.1 Å². The van der Waals surface area contributed by atoms with E-state index in [1.165, 1.54) is 12.0 Å². The average Bonchev–Trinajstić information content (AvgIpc) is 3.16. The van der Waals surface area contributed by atoms with Crippen LogP contribution in [0.2, 0.25) is 0 Å². The Bertz CT molecular complexity index is 1430. The van der Waals surface area contributed by atoms with Crippen molar-refractivity contribution in [3.8, 4) is 11.5 Å². The van der Waals surface area contributed by atoms with E-state index >= 15 is 0 Å². The van der Waals surface area contributed by atoms with Gasteiger partial charge < -0.3 is 14.6 Å². The number of aliphatic hydroxyl groups is 1. The second-order valence-corrected chi connectivity index (χ2v) is 11.0. The summed E-state index contributed by atoms with van der Waals surface area (Å²) in [5, 5.41) is 11.7. The lowest BCUT2D eigenvalue weighted by atomic mass is 9.85. The van der Waals surface area contributed by atoms with E-state index in [-0.39, 0.29) is 16.7 Å². The highest BCUT2D eigenvalue weighted by Crippen LogP contribution is 2.44. The molecule has 0 spiro atoms. The maximum absolute atomic E-state index is 13.7. The Balaban J connectivity index is 1.96. The molecule has 3 aromatic carbocycles. The standard InChI is InChI=1S/C33H37NO5/c1-8-16-39-25-11-9-10-24(19-25)34-28(22-12-14-23(15-13-22)33(4,5)6)27(30(36)32(34)37)29(35)26-18-20(2)17-21(3)31(26)38-7/h9-15,17-19,28,35H,8,16H2,1-7H3/b29-27+. The van der Waals surface area contributed by atoms with Crippen LogP contribution in [0.25, 0.3) is 5.76 Å². The number of anilines is 1. The number of amides is 1. The molecule has 1 aliphatic heterocycles. The lowest BCUT2D eigenvalue weighted by Crippen LogP contribution is -2.29. The number of hydrogen-bond acceptors (Lipinski definition) is 5. The third-order valence-electron chi connectivity index (χ3n) is 6.98. The van der Waals surface area contributed by atoms with Crippen LogP contribution in [0.3, 0.4) is 0 Å². The highest BCUT2D eigenvalue weighted by atomic mass is 16.5. The van der Waals surface area contributed by atoms with E-state index in [1.54, 1.807) is 24.3 Å². The molecule has 6 heteroatoms. The van der Waals surface area contributed by atoms with Gasteiger partial charge in [-0.2, -0.15) is 0 Å². The quantitative estimate of drug-likeness (QED) is 0.203. The summed E-state index contributed by atoms with van der Waals surface area (Å²) >= 11 is 0. The van der Waals surface area contributed by atoms with E-state index in [0.717, 1.165) is 23.1 Å². The van der Waals surface area contributed by atoms with Crippen LogP contribution < -0.4 is 14.4 Å². The molecule has 0 radical (unpaired) electrons. The molecule has 1 unspecified atom stereocenters. The van der Waals surface area contributed by atoms with Gasteiger partial charge in [-0.05, 0) is 66.1 Å². The number of aryl methyl sites for hydroxylation is 2. The van der Waals surface area contributed by atoms with E-state index in [9.17, 15) is 14.7 Å². The summed E-state index contributed by atoms with van der Waals surface area (Å²) in [6.07, 6.45) is 0.840. The molecule has 1 aliphatic rings. The van der Waals surface area contributed by atoms with Crippen molar-refractivity contribution in [2.24, 2.45) is 0 Å². The van der Waals surface area contributed by atoms with E-state index in [0.29, 0.717) is 34.9 Å². The molecular formula is C33H37NO5. The van der Waals surface area contributed by atoms with Crippen molar-refractivity contribution in [3.63, 3.8) is 0 Å². The first-order chi connectivity index (χ1) is 18.5. The molecule has 39 heavy (non-hydrogen) atoms. The predicted molar refractivity (Wildman–Crippen MR) is 155 cm³/mol. The molecule has 204 valence electrons. The summed E-state index contributed by atoms with van der Waals surface area (Å²) in [5.74, 6) is -0.658. The Kier molecular flexibility index (Phi) is 7.86. The Morgan fingerprint density at radius 2 is 1.69 bits per heavy atom. The molecule has 1 amide bonds. The molecule has 4 rings (SSSR count). The molecule has 1 atom stereocenters. The number of carbonyl (C=O) groups excluding carboxylic acids is 2. The highest BCUT2D eigenvalue weighted by molar-refractivity contribution is 6.51. The molecule has 1 fully saturated rings. The van der Waals surface area contributed by atoms with Crippen LogP contribution in [0.1, 0.15) is 68.0 Å². The van der Waals surface area contributed by atoms with Gasteiger partial charge in [0, 0.05) is 11.8 Å². The number of carbonyl (C=O) groups is 2. The minimum atomic E-state index is -0.842. The zero-order chi connectivity index (χ0) is 28.5. The first-order valence-electron chi connectivity index (χ1n) is 13.3. The molecule has 6 nitrogen and oxygen atoms in total. The molecule has 1 N–H and O–H groups in total. The highest BCUT2D eigenvalue weighted by Gasteiger charge is 2.47. The summed E-state index contributed by atoms with van der Waals surface area (Å²) in [5.41, 5.74) is 4.40. The van der Waals surface area contributed by atoms with Crippen molar-refractivity contribution in [2.75, 3.05) is 18.6 Å². The Morgan fingerprint density at radius 1 is 1.00 bits per heavy atom. The molecular weight excluding hydrogens is 490 g/mol. The van der Waals surface area contributed by atoms with Gasteiger partial charge >= 0.3 is 0 Å². The second-order valence-electron chi connectivity index (χ2n) is 11.0. The number of hydrogen-bond donors (Lipinski definition) is 1. The average molecular weight is 528 g/mol. The zero-order valence-corrected chi connectivity index (χ0v) is 23.8. The Labute approximate surface area is 230 Å². The van der Waals surface area contributed by atoms with Crippen molar-refractivity contribution < 1.29 is 24.2 Å². The minimum Gasteiger partial charge on any atom is -0.507 e. The molecule has 0 saturated carbocycles. The lowest BCUT2D eigenvalue weighted by Gasteiger charge is -2.27. The lowest BCUT2D eigenvalue weighted by molar-refractivity contribution is -0.132. The van der Waals surface area contributed by atoms with E-state index in [1.807, 2.05) is 57.2 Å². The first-order valence-corrected chi connectivity index (χ1v) is 13.3. The molecule has 1 heterocycles. The fourth-order valence-corrected chi connectivity index (χ4v) is 5.07. The summed E-state index contributed by atoms with van der Waals surface area (Å²) in [7, 11) is 1.53. The van der Waals surface area contributed by atoms with Gasteiger partial charge in [0.25, 0.3) is 11.7 Å². The first kappa shape index (κ1) is 28.0. The third kappa shape index (κ3) is 5.42. The van der Waals surface area contributed by atoms with Crippen molar-refractivity contribution in [1.29, 1.82) is 0 Å². The Morgan fingerprint density at radius 3 is 2.31 bits per heavy atom. The molecule has 0 bridgehead atoms. The van der Waals surface area contributed by atoms with Gasteiger partial charge in [-0.15, -0.1) is 0 Å². The van der Waals surface area contributed by atoms with Crippen molar-refractivity contribution in [2.45, 2.75) is 59.4 Å². The normalized spacial score (nSPS) is 17.0. The van der Waals surface area contributed by atoms with E-state index in [2.05, 4.69) is 20.8 Å². The van der Waals surface area contributed by atoms with Gasteiger partial charge in [-0.25, -0.2) is 0 Å². The minimum absolute atomic E-state index is 0.0201. The summed E-state index contributed by atoms with van der Waals surface area (Å²) in [6.45, 7) is 12.7. The topological polar surface area (TPSA) is 76.1 Å². The number of ether oxygens (including phenoxy) is 2. The fourth-order valence-electron chi connectivity index (χ4n) is 5.07. The molecule has 0 aromatic heterocycles. The van der Waals surface area contributed by atoms with Crippen LogP contribution in [0.5, 0.6) is 11.5 Å². The summed E-state index contributed by atoms with van der Waals surface area (Å²) in [4.78, 5) is 28.7. The van der Waals surface area contributed by atoms with Crippen LogP contribution in [0.15, 0.2) is 66.2 Å². The second kappa shape index (κ2) is 11.0. The largest absolute Gasteiger partial charge is 0.507 e. The summed E-state index contributed by atoms with van der Waals surface area (Å²) < 4.78 is 11.4. The smallest absolute Gasteiger partial charge is 0.300 e. The monoisotopic (exact) mass is 527 g/mol. The van der Waals surface area contributed by atoms with Crippen LogP contribution in [0.4, 0.5) is 5.69 Å². The molecule has 3 aromatic rings. The number of rotatable bonds is 7. The van der Waals surface area contributed by atoms with Gasteiger partial charge in [0.05, 0.1) is 30.9 Å².